The van der Waals surface area contributed by atoms with Gasteiger partial charge >= 0.3 is 0 Å². The molecule has 0 radical (unpaired) electrons. The molecule has 0 atom stereocenters. The van der Waals surface area contributed by atoms with Crippen molar-refractivity contribution in [2.24, 2.45) is 0 Å². The summed E-state index contributed by atoms with van der Waals surface area (Å²) in [6, 6.07) is 19.9. The van der Waals surface area contributed by atoms with Crippen LogP contribution >= 0.6 is 11.6 Å². The number of carbonyl (C=O) groups excluding carboxylic acids is 1. The normalized spacial score (nSPS) is 11.0. The van der Waals surface area contributed by atoms with Gasteiger partial charge in [-0.25, -0.2) is 8.42 Å². The van der Waals surface area contributed by atoms with Crippen molar-refractivity contribution >= 4 is 33.2 Å². The highest BCUT2D eigenvalue weighted by Crippen LogP contribution is 2.24. The van der Waals surface area contributed by atoms with Gasteiger partial charge in [0, 0.05) is 5.56 Å². The highest BCUT2D eigenvalue weighted by atomic mass is 35.5. The summed E-state index contributed by atoms with van der Waals surface area (Å²) in [4.78, 5) is 12.4. The van der Waals surface area contributed by atoms with E-state index in [0.717, 1.165) is 5.56 Å². The second-order valence-corrected chi connectivity index (χ2v) is 8.62. The van der Waals surface area contributed by atoms with E-state index in [4.69, 9.17) is 16.3 Å². The van der Waals surface area contributed by atoms with Crippen LogP contribution in [0.15, 0.2) is 77.7 Å². The molecular weight excluding hydrogens is 424 g/mol. The minimum Gasteiger partial charge on any atom is -0.492 e. The molecule has 0 aliphatic rings. The molecule has 30 heavy (non-hydrogen) atoms. The number of benzene rings is 3. The van der Waals surface area contributed by atoms with Gasteiger partial charge in [-0.05, 0) is 49.4 Å². The predicted molar refractivity (Wildman–Crippen MR) is 118 cm³/mol. The number of aryl methyl sites for hydroxylation is 1. The predicted octanol–water partition coefficient (Wildman–Crippen LogP) is 4.26. The summed E-state index contributed by atoms with van der Waals surface area (Å²) in [7, 11) is -3.90. The number of para-hydroxylation sites is 1. The first kappa shape index (κ1) is 21.7. The molecule has 0 aromatic heterocycles. The molecule has 0 bridgehead atoms. The lowest BCUT2D eigenvalue weighted by atomic mass is 10.2. The van der Waals surface area contributed by atoms with Gasteiger partial charge < -0.3 is 10.1 Å². The first-order valence-corrected chi connectivity index (χ1v) is 11.1. The summed E-state index contributed by atoms with van der Waals surface area (Å²) in [5.74, 6) is 0.325. The topological polar surface area (TPSA) is 84.5 Å². The molecule has 0 aliphatic heterocycles. The van der Waals surface area contributed by atoms with Crippen LogP contribution in [-0.4, -0.2) is 27.5 Å². The fraction of sp³-hybridized carbons (Fsp3) is 0.136. The molecule has 0 spiro atoms. The van der Waals surface area contributed by atoms with Crippen molar-refractivity contribution in [1.82, 2.24) is 5.32 Å². The van der Waals surface area contributed by atoms with Crippen molar-refractivity contribution in [3.05, 3.63) is 88.9 Å². The number of hydrogen-bond donors (Lipinski definition) is 2. The first-order valence-electron chi connectivity index (χ1n) is 9.20. The zero-order valence-electron chi connectivity index (χ0n) is 16.3. The van der Waals surface area contributed by atoms with E-state index in [1.807, 2.05) is 31.2 Å². The molecule has 3 rings (SSSR count). The monoisotopic (exact) mass is 444 g/mol. The average Bonchev–Trinajstić information content (AvgIpc) is 2.74. The molecule has 0 fully saturated rings. The number of halogens is 1. The van der Waals surface area contributed by atoms with Crippen LogP contribution in [0.1, 0.15) is 15.9 Å². The van der Waals surface area contributed by atoms with E-state index in [9.17, 15) is 13.2 Å². The van der Waals surface area contributed by atoms with Crippen molar-refractivity contribution in [3.63, 3.8) is 0 Å². The molecule has 0 unspecified atom stereocenters. The van der Waals surface area contributed by atoms with E-state index in [2.05, 4.69) is 10.0 Å². The van der Waals surface area contributed by atoms with Crippen molar-refractivity contribution in [3.8, 4) is 5.75 Å². The second-order valence-electron chi connectivity index (χ2n) is 6.53. The molecule has 0 saturated carbocycles. The third-order valence-electron chi connectivity index (χ3n) is 4.20. The number of rotatable bonds is 8. The lowest BCUT2D eigenvalue weighted by molar-refractivity contribution is 0.0947. The van der Waals surface area contributed by atoms with Crippen LogP contribution in [0.25, 0.3) is 0 Å². The van der Waals surface area contributed by atoms with Crippen LogP contribution in [0, 0.1) is 6.92 Å². The molecule has 0 aliphatic carbocycles. The van der Waals surface area contributed by atoms with E-state index in [1.54, 1.807) is 30.3 Å². The standard InChI is InChI=1S/C22H21ClN2O4S/c1-16-9-11-18(12-10-16)29-14-13-24-22(26)17-5-4-6-19(15-17)30(27,28)25-21-8-3-2-7-20(21)23/h2-12,15,25H,13-14H2,1H3,(H,24,26). The Hall–Kier alpha value is -3.03. The molecule has 0 heterocycles. The maximum Gasteiger partial charge on any atom is 0.261 e. The Labute approximate surface area is 180 Å². The largest absolute Gasteiger partial charge is 0.492 e. The third kappa shape index (κ3) is 5.75. The second kappa shape index (κ2) is 9.65. The van der Waals surface area contributed by atoms with Gasteiger partial charge in [-0.3, -0.25) is 9.52 Å². The lowest BCUT2D eigenvalue weighted by Crippen LogP contribution is -2.28. The quantitative estimate of drug-likeness (QED) is 0.508. The minimum atomic E-state index is -3.90. The fourth-order valence-electron chi connectivity index (χ4n) is 2.62. The number of sulfonamides is 1. The first-order chi connectivity index (χ1) is 14.3. The molecule has 2 N–H and O–H groups in total. The van der Waals surface area contributed by atoms with Crippen molar-refractivity contribution < 1.29 is 17.9 Å². The number of carbonyl (C=O) groups is 1. The molecule has 6 nitrogen and oxygen atoms in total. The summed E-state index contributed by atoms with van der Waals surface area (Å²) < 4.78 is 33.3. The van der Waals surface area contributed by atoms with Crippen LogP contribution in [0.3, 0.4) is 0 Å². The molecule has 156 valence electrons. The molecule has 1 amide bonds. The average molecular weight is 445 g/mol. The van der Waals surface area contributed by atoms with Gasteiger partial charge in [0.25, 0.3) is 15.9 Å². The van der Waals surface area contributed by atoms with Crippen LogP contribution < -0.4 is 14.8 Å². The van der Waals surface area contributed by atoms with E-state index < -0.39 is 15.9 Å². The van der Waals surface area contributed by atoms with E-state index >= 15 is 0 Å². The SMILES string of the molecule is Cc1ccc(OCCNC(=O)c2cccc(S(=O)(=O)Nc3ccccc3Cl)c2)cc1. The highest BCUT2D eigenvalue weighted by molar-refractivity contribution is 7.92. The van der Waals surface area contributed by atoms with Crippen LogP contribution in [0.5, 0.6) is 5.75 Å². The smallest absolute Gasteiger partial charge is 0.261 e. The summed E-state index contributed by atoms with van der Waals surface area (Å²) in [6.07, 6.45) is 0. The highest BCUT2D eigenvalue weighted by Gasteiger charge is 2.17. The molecule has 3 aromatic carbocycles. The summed E-state index contributed by atoms with van der Waals surface area (Å²) >= 11 is 6.02. The van der Waals surface area contributed by atoms with E-state index in [-0.39, 0.29) is 27.7 Å². The fourth-order valence-corrected chi connectivity index (χ4v) is 3.99. The maximum absolute atomic E-state index is 12.6. The van der Waals surface area contributed by atoms with Crippen LogP contribution in [-0.2, 0) is 10.0 Å². The molecular formula is C22H21ClN2O4S. The number of ether oxygens (including phenoxy) is 1. The van der Waals surface area contributed by atoms with Gasteiger partial charge in [-0.1, -0.05) is 47.5 Å². The number of nitrogens with one attached hydrogen (secondary N) is 2. The van der Waals surface area contributed by atoms with Gasteiger partial charge in [0.05, 0.1) is 22.2 Å². The van der Waals surface area contributed by atoms with Gasteiger partial charge in [-0.2, -0.15) is 0 Å². The van der Waals surface area contributed by atoms with Gasteiger partial charge in [0.2, 0.25) is 0 Å². The Morgan fingerprint density at radius 1 is 1.00 bits per heavy atom. The summed E-state index contributed by atoms with van der Waals surface area (Å²) in [5.41, 5.74) is 1.63. The molecule has 3 aromatic rings. The van der Waals surface area contributed by atoms with Crippen molar-refractivity contribution in [2.75, 3.05) is 17.9 Å². The lowest BCUT2D eigenvalue weighted by Gasteiger charge is -2.11. The molecule has 8 heteroatoms. The maximum atomic E-state index is 12.6. The Morgan fingerprint density at radius 2 is 1.73 bits per heavy atom. The van der Waals surface area contributed by atoms with Gasteiger partial charge in [-0.15, -0.1) is 0 Å². The van der Waals surface area contributed by atoms with Crippen LogP contribution in [0.4, 0.5) is 5.69 Å². The zero-order chi connectivity index (χ0) is 21.6. The Morgan fingerprint density at radius 3 is 2.47 bits per heavy atom. The van der Waals surface area contributed by atoms with E-state index in [1.165, 1.54) is 18.2 Å². The van der Waals surface area contributed by atoms with Crippen LogP contribution in [0.2, 0.25) is 5.02 Å². The Kier molecular flexibility index (Phi) is 6.97. The van der Waals surface area contributed by atoms with Crippen molar-refractivity contribution in [1.29, 1.82) is 0 Å². The minimum absolute atomic E-state index is 0.0361. The molecule has 0 saturated heterocycles. The number of amides is 1. The van der Waals surface area contributed by atoms with Crippen molar-refractivity contribution in [2.45, 2.75) is 11.8 Å². The van der Waals surface area contributed by atoms with Gasteiger partial charge in [0.1, 0.15) is 12.4 Å². The number of hydrogen-bond acceptors (Lipinski definition) is 4. The van der Waals surface area contributed by atoms with E-state index in [0.29, 0.717) is 12.4 Å². The van der Waals surface area contributed by atoms with Gasteiger partial charge in [0.15, 0.2) is 0 Å². The zero-order valence-corrected chi connectivity index (χ0v) is 17.8. The summed E-state index contributed by atoms with van der Waals surface area (Å²) in [5, 5.41) is 3.00. The summed E-state index contributed by atoms with van der Waals surface area (Å²) in [6.45, 7) is 2.56. The third-order valence-corrected chi connectivity index (χ3v) is 5.89. The Bertz CT molecular complexity index is 1130. The number of anilines is 1. The Balaban J connectivity index is 1.60.